The van der Waals surface area contributed by atoms with Gasteiger partial charge in [-0.25, -0.2) is 4.98 Å². The Morgan fingerprint density at radius 3 is 2.83 bits per heavy atom. The number of rotatable bonds is 5. The molecule has 0 aliphatic carbocycles. The van der Waals surface area contributed by atoms with E-state index >= 15 is 0 Å². The smallest absolute Gasteiger partial charge is 0.109 e. The number of aryl methyl sites for hydroxylation is 2. The van der Waals surface area contributed by atoms with Gasteiger partial charge in [-0.1, -0.05) is 13.0 Å². The van der Waals surface area contributed by atoms with E-state index in [1.165, 1.54) is 16.0 Å². The molecule has 0 bridgehead atoms. The molecule has 4 heteroatoms. The van der Waals surface area contributed by atoms with E-state index in [-0.39, 0.29) is 6.04 Å². The molecule has 2 heterocycles. The number of aromatic nitrogens is 2. The van der Waals surface area contributed by atoms with E-state index < -0.39 is 0 Å². The molecule has 0 saturated heterocycles. The summed E-state index contributed by atoms with van der Waals surface area (Å²) in [5, 5.41) is 4.65. The van der Waals surface area contributed by atoms with Crippen LogP contribution in [0.5, 0.6) is 0 Å². The van der Waals surface area contributed by atoms with Gasteiger partial charge in [0.1, 0.15) is 5.01 Å². The molecule has 1 unspecified atom stereocenters. The average Bonchev–Trinajstić information content (AvgIpc) is 2.85. The highest BCUT2D eigenvalue weighted by Gasteiger charge is 2.09. The maximum atomic E-state index is 4.46. The summed E-state index contributed by atoms with van der Waals surface area (Å²) in [6.45, 7) is 7.21. The van der Waals surface area contributed by atoms with Gasteiger partial charge in [-0.3, -0.25) is 4.98 Å². The first-order valence-corrected chi connectivity index (χ1v) is 7.09. The van der Waals surface area contributed by atoms with Crippen LogP contribution >= 0.6 is 11.3 Å². The standard InChI is InChI=1S/C14H19N3S/c1-4-13-9-17-14(18-13)11(3)16-8-12-5-10(2)6-15-7-12/h5-7,9,11,16H,4,8H2,1-3H3. The minimum atomic E-state index is 0.288. The van der Waals surface area contributed by atoms with Crippen molar-refractivity contribution in [2.24, 2.45) is 0 Å². The Labute approximate surface area is 112 Å². The summed E-state index contributed by atoms with van der Waals surface area (Å²) in [5.74, 6) is 0. The summed E-state index contributed by atoms with van der Waals surface area (Å²) in [7, 11) is 0. The number of hydrogen-bond donors (Lipinski definition) is 1. The molecule has 1 atom stereocenters. The van der Waals surface area contributed by atoms with Crippen LogP contribution in [-0.2, 0) is 13.0 Å². The van der Waals surface area contributed by atoms with Crippen molar-refractivity contribution in [3.63, 3.8) is 0 Å². The Balaban J connectivity index is 1.93. The fourth-order valence-corrected chi connectivity index (χ4v) is 2.64. The van der Waals surface area contributed by atoms with Crippen molar-refractivity contribution in [3.8, 4) is 0 Å². The lowest BCUT2D eigenvalue weighted by Gasteiger charge is -2.11. The van der Waals surface area contributed by atoms with Crippen LogP contribution in [0.1, 0.15) is 40.9 Å². The first kappa shape index (κ1) is 13.2. The largest absolute Gasteiger partial charge is 0.304 e. The molecule has 2 rings (SSSR count). The molecule has 0 spiro atoms. The van der Waals surface area contributed by atoms with Gasteiger partial charge in [0, 0.05) is 30.0 Å². The summed E-state index contributed by atoms with van der Waals surface area (Å²) in [4.78, 5) is 10.00. The second-order valence-electron chi connectivity index (χ2n) is 4.49. The van der Waals surface area contributed by atoms with Crippen molar-refractivity contribution in [2.75, 3.05) is 0 Å². The molecular formula is C14H19N3S. The SMILES string of the molecule is CCc1cnc(C(C)NCc2cncc(C)c2)s1. The molecule has 96 valence electrons. The van der Waals surface area contributed by atoms with Gasteiger partial charge in [-0.15, -0.1) is 11.3 Å². The fourth-order valence-electron chi connectivity index (χ4n) is 1.76. The van der Waals surface area contributed by atoms with E-state index in [1.54, 1.807) is 11.3 Å². The summed E-state index contributed by atoms with van der Waals surface area (Å²) in [5.41, 5.74) is 2.42. The summed E-state index contributed by atoms with van der Waals surface area (Å²) < 4.78 is 0. The van der Waals surface area contributed by atoms with E-state index in [0.29, 0.717) is 0 Å². The number of nitrogens with one attached hydrogen (secondary N) is 1. The fraction of sp³-hybridized carbons (Fsp3) is 0.429. The van der Waals surface area contributed by atoms with Gasteiger partial charge < -0.3 is 5.32 Å². The molecule has 2 aromatic heterocycles. The zero-order valence-electron chi connectivity index (χ0n) is 11.1. The third-order valence-corrected chi connectivity index (χ3v) is 4.16. The summed E-state index contributed by atoms with van der Waals surface area (Å²) in [6.07, 6.45) is 6.83. The van der Waals surface area contributed by atoms with E-state index in [4.69, 9.17) is 0 Å². The van der Waals surface area contributed by atoms with Crippen molar-refractivity contribution < 1.29 is 0 Å². The van der Waals surface area contributed by atoms with Crippen LogP contribution in [0.15, 0.2) is 24.7 Å². The first-order chi connectivity index (χ1) is 8.69. The van der Waals surface area contributed by atoms with Crippen molar-refractivity contribution >= 4 is 11.3 Å². The van der Waals surface area contributed by atoms with E-state index in [2.05, 4.69) is 42.1 Å². The highest BCUT2D eigenvalue weighted by atomic mass is 32.1. The lowest BCUT2D eigenvalue weighted by atomic mass is 10.2. The lowest BCUT2D eigenvalue weighted by molar-refractivity contribution is 0.571. The molecule has 1 N–H and O–H groups in total. The van der Waals surface area contributed by atoms with Crippen LogP contribution < -0.4 is 5.32 Å². The zero-order chi connectivity index (χ0) is 13.0. The number of thiazole rings is 1. The van der Waals surface area contributed by atoms with Crippen LogP contribution in [0.2, 0.25) is 0 Å². The van der Waals surface area contributed by atoms with Crippen LogP contribution in [-0.4, -0.2) is 9.97 Å². The quantitative estimate of drug-likeness (QED) is 0.897. The topological polar surface area (TPSA) is 37.8 Å². The molecule has 2 aromatic rings. The summed E-state index contributed by atoms with van der Waals surface area (Å²) in [6, 6.07) is 2.45. The zero-order valence-corrected chi connectivity index (χ0v) is 11.9. The summed E-state index contributed by atoms with van der Waals surface area (Å²) >= 11 is 1.79. The van der Waals surface area contributed by atoms with Gasteiger partial charge in [0.2, 0.25) is 0 Å². The van der Waals surface area contributed by atoms with Gasteiger partial charge in [0.05, 0.1) is 6.04 Å². The molecular weight excluding hydrogens is 242 g/mol. The first-order valence-electron chi connectivity index (χ1n) is 6.27. The predicted octanol–water partition coefficient (Wildman–Crippen LogP) is 3.26. The molecule has 0 amide bonds. The van der Waals surface area contributed by atoms with Crippen molar-refractivity contribution in [1.29, 1.82) is 0 Å². The third-order valence-electron chi connectivity index (χ3n) is 2.83. The monoisotopic (exact) mass is 261 g/mol. The molecule has 0 saturated carbocycles. The molecule has 3 nitrogen and oxygen atoms in total. The second-order valence-corrected chi connectivity index (χ2v) is 5.64. The number of nitrogens with zero attached hydrogens (tertiary/aromatic N) is 2. The van der Waals surface area contributed by atoms with Gasteiger partial charge in [0.25, 0.3) is 0 Å². The Kier molecular flexibility index (Phi) is 4.44. The van der Waals surface area contributed by atoms with Crippen molar-refractivity contribution in [3.05, 3.63) is 45.7 Å². The molecule has 0 fully saturated rings. The number of hydrogen-bond acceptors (Lipinski definition) is 4. The number of pyridine rings is 1. The predicted molar refractivity (Wildman–Crippen MR) is 75.7 cm³/mol. The Hall–Kier alpha value is -1.26. The maximum Gasteiger partial charge on any atom is 0.109 e. The van der Waals surface area contributed by atoms with E-state index in [9.17, 15) is 0 Å². The van der Waals surface area contributed by atoms with Crippen LogP contribution in [0, 0.1) is 6.92 Å². The second kappa shape index (κ2) is 6.07. The van der Waals surface area contributed by atoms with Crippen LogP contribution in [0.4, 0.5) is 0 Å². The molecule has 0 radical (unpaired) electrons. The Morgan fingerprint density at radius 2 is 2.17 bits per heavy atom. The van der Waals surface area contributed by atoms with Crippen LogP contribution in [0.3, 0.4) is 0 Å². The molecule has 0 aromatic carbocycles. The maximum absolute atomic E-state index is 4.46. The minimum absolute atomic E-state index is 0.288. The van der Waals surface area contributed by atoms with Gasteiger partial charge >= 0.3 is 0 Å². The van der Waals surface area contributed by atoms with E-state index in [0.717, 1.165) is 18.0 Å². The minimum Gasteiger partial charge on any atom is -0.304 e. The van der Waals surface area contributed by atoms with E-state index in [1.807, 2.05) is 18.6 Å². The van der Waals surface area contributed by atoms with Crippen molar-refractivity contribution in [2.45, 2.75) is 39.8 Å². The highest BCUT2D eigenvalue weighted by Crippen LogP contribution is 2.20. The molecule has 0 aliphatic heterocycles. The Bertz CT molecular complexity index is 507. The third kappa shape index (κ3) is 3.37. The highest BCUT2D eigenvalue weighted by molar-refractivity contribution is 7.11. The normalized spacial score (nSPS) is 12.6. The van der Waals surface area contributed by atoms with Crippen molar-refractivity contribution in [1.82, 2.24) is 15.3 Å². The van der Waals surface area contributed by atoms with Gasteiger partial charge in [-0.05, 0) is 31.4 Å². The average molecular weight is 261 g/mol. The van der Waals surface area contributed by atoms with Gasteiger partial charge in [-0.2, -0.15) is 0 Å². The van der Waals surface area contributed by atoms with Crippen LogP contribution in [0.25, 0.3) is 0 Å². The molecule has 0 aliphatic rings. The van der Waals surface area contributed by atoms with Gasteiger partial charge in [0.15, 0.2) is 0 Å². The molecule has 18 heavy (non-hydrogen) atoms. The lowest BCUT2D eigenvalue weighted by Crippen LogP contribution is -2.18. The Morgan fingerprint density at radius 1 is 1.33 bits per heavy atom.